The third-order valence-electron chi connectivity index (χ3n) is 11.9. The lowest BCUT2D eigenvalue weighted by Crippen LogP contribution is -2.41. The first-order chi connectivity index (χ1) is 31.1. The van der Waals surface area contributed by atoms with Crippen LogP contribution >= 0.6 is 15.9 Å². The van der Waals surface area contributed by atoms with Crippen molar-refractivity contribution in [2.24, 2.45) is 0 Å². The number of pyridine rings is 4. The number of aromatic nitrogens is 8. The summed E-state index contributed by atoms with van der Waals surface area (Å²) in [6.07, 6.45) is 13.8. The highest BCUT2D eigenvalue weighted by Crippen LogP contribution is 2.38. The topological polar surface area (TPSA) is 148 Å². The number of fused-ring (bicyclic) bond motifs is 12. The Labute approximate surface area is 374 Å². The summed E-state index contributed by atoms with van der Waals surface area (Å²) in [6.45, 7) is 8.26. The molecule has 0 saturated carbocycles. The Morgan fingerprint density at radius 1 is 0.438 bits per heavy atom. The van der Waals surface area contributed by atoms with Crippen molar-refractivity contribution in [3.05, 3.63) is 151 Å². The number of rotatable bonds is 2. The first kappa shape index (κ1) is 39.6. The number of halogens is 1. The Balaban J connectivity index is 0.000000112. The first-order valence-corrected chi connectivity index (χ1v) is 21.4. The molecule has 1 fully saturated rings. The average Bonchev–Trinajstić information content (AvgIpc) is 3.95. The van der Waals surface area contributed by atoms with Gasteiger partial charge in [0.2, 0.25) is 11.4 Å². The van der Waals surface area contributed by atoms with Gasteiger partial charge in [-0.2, -0.15) is 0 Å². The zero-order valence-corrected chi connectivity index (χ0v) is 36.6. The molecule has 13 rings (SSSR count). The molecule has 0 radical (unpaired) electrons. The Bertz CT molecular complexity index is 3750. The second kappa shape index (κ2) is 15.5. The maximum Gasteiger partial charge on any atom is 0.495 e. The van der Waals surface area contributed by atoms with E-state index in [1.807, 2.05) is 60.8 Å². The van der Waals surface area contributed by atoms with Crippen LogP contribution in [-0.2, 0) is 9.31 Å². The zero-order chi connectivity index (χ0) is 43.6. The molecule has 9 heterocycles. The molecule has 4 aromatic carbocycles. The lowest BCUT2D eigenvalue weighted by atomic mass is 9.76. The van der Waals surface area contributed by atoms with Gasteiger partial charge in [-0.3, -0.25) is 19.9 Å². The molecule has 1 aliphatic rings. The van der Waals surface area contributed by atoms with Crippen molar-refractivity contribution in [1.29, 1.82) is 0 Å². The van der Waals surface area contributed by atoms with Crippen molar-refractivity contribution < 1.29 is 18.1 Å². The van der Waals surface area contributed by atoms with E-state index in [2.05, 4.69) is 126 Å². The third kappa shape index (κ3) is 6.87. The highest BCUT2D eigenvalue weighted by atomic mass is 79.9. The minimum Gasteiger partial charge on any atom is -0.436 e. The number of hydrogen-bond donors (Lipinski definition) is 0. The summed E-state index contributed by atoms with van der Waals surface area (Å²) >= 11 is 3.41. The SMILES string of the molecule is Brc1ccc2oc3nccnc3c2c1.CC1(C)OB(c2cc3cccnc3c3ncccc23)OC1(C)C.c1cnc2c(c1)cc(-c1ccc3oc4nccnc4c3c1)c1cccnc12. The van der Waals surface area contributed by atoms with Crippen LogP contribution in [0.1, 0.15) is 27.7 Å². The van der Waals surface area contributed by atoms with Crippen LogP contribution in [0.15, 0.2) is 160 Å². The minimum absolute atomic E-state index is 0.365. The largest absolute Gasteiger partial charge is 0.495 e. The number of benzene rings is 4. The lowest BCUT2D eigenvalue weighted by molar-refractivity contribution is 0.00578. The molecular weight excluding hydrogens is 867 g/mol. The van der Waals surface area contributed by atoms with Crippen LogP contribution in [0.2, 0.25) is 0 Å². The summed E-state index contributed by atoms with van der Waals surface area (Å²) in [5.74, 6) is 0. The summed E-state index contributed by atoms with van der Waals surface area (Å²) in [7, 11) is -0.406. The quantitative estimate of drug-likeness (QED) is 0.120. The van der Waals surface area contributed by atoms with E-state index in [0.717, 1.165) is 97.6 Å². The minimum atomic E-state index is -0.406. The fraction of sp³-hybridized carbons (Fsp3) is 0.120. The Morgan fingerprint density at radius 2 is 0.922 bits per heavy atom. The molecule has 14 heteroatoms. The average molecular weight is 904 g/mol. The van der Waals surface area contributed by atoms with Crippen LogP contribution in [0, 0.1) is 0 Å². The van der Waals surface area contributed by atoms with Crippen molar-refractivity contribution >= 4 is 117 Å². The van der Waals surface area contributed by atoms with Gasteiger partial charge >= 0.3 is 7.12 Å². The van der Waals surface area contributed by atoms with Gasteiger partial charge in [-0.15, -0.1) is 0 Å². The molecule has 8 aromatic heterocycles. The van der Waals surface area contributed by atoms with Gasteiger partial charge in [-0.25, -0.2) is 19.9 Å². The van der Waals surface area contributed by atoms with Gasteiger partial charge in [0, 0.05) is 86.4 Å². The molecule has 0 atom stereocenters. The molecule has 0 amide bonds. The molecule has 0 bridgehead atoms. The summed E-state index contributed by atoms with van der Waals surface area (Å²) < 4.78 is 24.8. The molecule has 64 heavy (non-hydrogen) atoms. The Kier molecular flexibility index (Phi) is 9.60. The molecule has 310 valence electrons. The highest BCUT2D eigenvalue weighted by Gasteiger charge is 2.52. The van der Waals surface area contributed by atoms with E-state index in [-0.39, 0.29) is 11.2 Å². The van der Waals surface area contributed by atoms with Crippen molar-refractivity contribution in [3.8, 4) is 11.1 Å². The summed E-state index contributed by atoms with van der Waals surface area (Å²) in [5, 5.41) is 6.15. The van der Waals surface area contributed by atoms with Gasteiger partial charge in [-0.1, -0.05) is 52.3 Å². The van der Waals surface area contributed by atoms with Crippen LogP contribution in [-0.4, -0.2) is 58.2 Å². The summed E-state index contributed by atoms with van der Waals surface area (Å²) in [6, 6.07) is 32.3. The van der Waals surface area contributed by atoms with E-state index in [1.165, 1.54) is 0 Å². The fourth-order valence-corrected chi connectivity index (χ4v) is 8.47. The van der Waals surface area contributed by atoms with Crippen molar-refractivity contribution in [3.63, 3.8) is 0 Å². The number of hydrogen-bond acceptors (Lipinski definition) is 12. The van der Waals surface area contributed by atoms with E-state index in [1.54, 1.807) is 43.4 Å². The molecule has 0 unspecified atom stereocenters. The van der Waals surface area contributed by atoms with E-state index >= 15 is 0 Å². The smallest absolute Gasteiger partial charge is 0.436 e. The van der Waals surface area contributed by atoms with Gasteiger partial charge in [-0.05, 0) is 105 Å². The monoisotopic (exact) mass is 902 g/mol. The second-order valence-corrected chi connectivity index (χ2v) is 17.3. The molecule has 1 aliphatic heterocycles. The molecule has 12 aromatic rings. The second-order valence-electron chi connectivity index (χ2n) is 16.4. The normalized spacial score (nSPS) is 14.4. The summed E-state index contributed by atoms with van der Waals surface area (Å²) in [5.41, 5.74) is 10.4. The van der Waals surface area contributed by atoms with Crippen LogP contribution in [0.4, 0.5) is 0 Å². The van der Waals surface area contributed by atoms with E-state index in [0.29, 0.717) is 11.4 Å². The van der Waals surface area contributed by atoms with Crippen molar-refractivity contribution in [2.75, 3.05) is 0 Å². The molecule has 1 saturated heterocycles. The Morgan fingerprint density at radius 3 is 1.55 bits per heavy atom. The molecule has 0 aliphatic carbocycles. The van der Waals surface area contributed by atoms with Crippen LogP contribution < -0.4 is 5.46 Å². The maximum atomic E-state index is 6.24. The fourth-order valence-electron chi connectivity index (χ4n) is 8.11. The predicted octanol–water partition coefficient (Wildman–Crippen LogP) is 11.4. The maximum absolute atomic E-state index is 6.24. The Hall–Kier alpha value is -7.26. The van der Waals surface area contributed by atoms with E-state index < -0.39 is 7.12 Å². The first-order valence-electron chi connectivity index (χ1n) is 20.6. The molecule has 0 spiro atoms. The van der Waals surface area contributed by atoms with Crippen LogP contribution in [0.3, 0.4) is 0 Å². The lowest BCUT2D eigenvalue weighted by Gasteiger charge is -2.32. The number of nitrogens with zero attached hydrogens (tertiary/aromatic N) is 8. The van der Waals surface area contributed by atoms with Gasteiger partial charge in [0.25, 0.3) is 0 Å². The molecular formula is C50H36BBrN8O4. The highest BCUT2D eigenvalue weighted by molar-refractivity contribution is 9.10. The third-order valence-corrected chi connectivity index (χ3v) is 12.4. The van der Waals surface area contributed by atoms with Crippen LogP contribution in [0.5, 0.6) is 0 Å². The zero-order valence-electron chi connectivity index (χ0n) is 35.0. The van der Waals surface area contributed by atoms with Crippen molar-refractivity contribution in [2.45, 2.75) is 38.9 Å². The van der Waals surface area contributed by atoms with Gasteiger partial charge in [0.05, 0.1) is 33.3 Å². The molecule has 12 nitrogen and oxygen atoms in total. The van der Waals surface area contributed by atoms with E-state index in [9.17, 15) is 0 Å². The summed E-state index contributed by atoms with van der Waals surface area (Å²) in [4.78, 5) is 35.2. The molecule has 0 N–H and O–H groups in total. The van der Waals surface area contributed by atoms with E-state index in [4.69, 9.17) is 18.1 Å². The standard InChI is InChI=1S/C22H12N4O.C18H19BN2O2.C10H5BrN2O/c1-3-14-12-16(15-4-2-8-24-20(15)19(14)23-7-1)13-5-6-18-17(11-13)21-22(27-18)26-10-9-25-21;1-17(2)18(3,4)23-19(22-17)14-11-12-7-5-9-20-15(12)16-13(14)8-6-10-21-16;11-6-1-2-8-7(5-6)9-10(14-8)13-4-3-12-9/h1-12H;5-11H,1-4H3;1-5H. The van der Waals surface area contributed by atoms with Gasteiger partial charge < -0.3 is 18.1 Å². The predicted molar refractivity (Wildman–Crippen MR) is 255 cm³/mol. The van der Waals surface area contributed by atoms with Crippen molar-refractivity contribution in [1.82, 2.24) is 39.9 Å². The van der Waals surface area contributed by atoms with Crippen LogP contribution in [0.25, 0.3) is 99.1 Å². The van der Waals surface area contributed by atoms with Gasteiger partial charge in [0.15, 0.2) is 0 Å². The number of furan rings is 2. The van der Waals surface area contributed by atoms with Gasteiger partial charge in [0.1, 0.15) is 22.2 Å².